The Balaban J connectivity index is 2.59. The number of aromatic amines is 1. The zero-order valence-corrected chi connectivity index (χ0v) is 7.73. The summed E-state index contributed by atoms with van der Waals surface area (Å²) < 4.78 is 1.55. The molecule has 4 nitrogen and oxygen atoms in total. The molecule has 0 bridgehead atoms. The summed E-state index contributed by atoms with van der Waals surface area (Å²) in [5, 5.41) is 0. The van der Waals surface area contributed by atoms with Crippen molar-refractivity contribution < 1.29 is 9.63 Å². The Morgan fingerprint density at radius 2 is 2.36 bits per heavy atom. The lowest BCUT2D eigenvalue weighted by Gasteiger charge is -2.05. The molecule has 0 spiro atoms. The summed E-state index contributed by atoms with van der Waals surface area (Å²) in [4.78, 5) is 18.9. The van der Waals surface area contributed by atoms with Gasteiger partial charge < -0.3 is 9.82 Å². The molecule has 4 heteroatoms. The molecule has 0 saturated heterocycles. The number of nitrogens with zero attached hydrogens (tertiary/aromatic N) is 1. The molecule has 2 aromatic heterocycles. The van der Waals surface area contributed by atoms with Crippen molar-refractivity contribution in [3.63, 3.8) is 0 Å². The van der Waals surface area contributed by atoms with E-state index in [1.54, 1.807) is 30.3 Å². The molecule has 1 N–H and O–H groups in total. The van der Waals surface area contributed by atoms with E-state index in [0.717, 1.165) is 17.7 Å². The predicted octanol–water partition coefficient (Wildman–Crippen LogP) is 1.35. The monoisotopic (exact) mass is 190 g/mol. The van der Waals surface area contributed by atoms with E-state index >= 15 is 0 Å². The maximum absolute atomic E-state index is 10.8. The second-order valence-electron chi connectivity index (χ2n) is 2.83. The molecule has 0 atom stereocenters. The SMILES string of the molecule is COn1ccc(C=O)c1-c1ccc[nH]1. The fraction of sp³-hybridized carbons (Fsp3) is 0.100. The van der Waals surface area contributed by atoms with E-state index in [0.29, 0.717) is 5.56 Å². The normalized spacial score (nSPS) is 10.1. The van der Waals surface area contributed by atoms with Crippen LogP contribution in [0.15, 0.2) is 30.6 Å². The lowest BCUT2D eigenvalue weighted by molar-refractivity contribution is 0.112. The summed E-state index contributed by atoms with van der Waals surface area (Å²) in [6.07, 6.45) is 4.32. The van der Waals surface area contributed by atoms with Crippen molar-refractivity contribution in [2.75, 3.05) is 7.11 Å². The highest BCUT2D eigenvalue weighted by molar-refractivity contribution is 5.85. The number of H-pyrrole nitrogens is 1. The molecule has 0 radical (unpaired) electrons. The average molecular weight is 190 g/mol. The fourth-order valence-corrected chi connectivity index (χ4v) is 1.43. The summed E-state index contributed by atoms with van der Waals surface area (Å²) in [6.45, 7) is 0. The highest BCUT2D eigenvalue weighted by atomic mass is 16.6. The van der Waals surface area contributed by atoms with Crippen LogP contribution in [0.4, 0.5) is 0 Å². The van der Waals surface area contributed by atoms with Crippen molar-refractivity contribution in [3.05, 3.63) is 36.2 Å². The first kappa shape index (κ1) is 8.62. The summed E-state index contributed by atoms with van der Waals surface area (Å²) in [6, 6.07) is 5.47. The molecule has 0 saturated carbocycles. The van der Waals surface area contributed by atoms with Crippen molar-refractivity contribution >= 4 is 6.29 Å². The van der Waals surface area contributed by atoms with Crippen molar-refractivity contribution in [1.29, 1.82) is 0 Å². The molecule has 0 aromatic carbocycles. The Kier molecular flexibility index (Phi) is 2.10. The van der Waals surface area contributed by atoms with Crippen LogP contribution in [-0.4, -0.2) is 23.1 Å². The Bertz CT molecular complexity index is 429. The number of aromatic nitrogens is 2. The molecule has 0 aliphatic carbocycles. The van der Waals surface area contributed by atoms with E-state index in [9.17, 15) is 4.79 Å². The molecule has 14 heavy (non-hydrogen) atoms. The molecule has 0 aliphatic heterocycles. The Morgan fingerprint density at radius 1 is 1.50 bits per heavy atom. The van der Waals surface area contributed by atoms with Gasteiger partial charge in [0.25, 0.3) is 0 Å². The molecule has 2 heterocycles. The Morgan fingerprint density at radius 3 is 2.93 bits per heavy atom. The topological polar surface area (TPSA) is 47.0 Å². The minimum absolute atomic E-state index is 0.606. The number of carbonyl (C=O) groups is 1. The zero-order valence-electron chi connectivity index (χ0n) is 7.73. The molecule has 72 valence electrons. The molecular weight excluding hydrogens is 180 g/mol. The summed E-state index contributed by atoms with van der Waals surface area (Å²) >= 11 is 0. The van der Waals surface area contributed by atoms with Crippen molar-refractivity contribution in [1.82, 2.24) is 9.71 Å². The van der Waals surface area contributed by atoms with Gasteiger partial charge >= 0.3 is 0 Å². The molecule has 2 aromatic rings. The summed E-state index contributed by atoms with van der Waals surface area (Å²) in [5.41, 5.74) is 2.21. The third-order valence-corrected chi connectivity index (χ3v) is 2.06. The largest absolute Gasteiger partial charge is 0.417 e. The van der Waals surface area contributed by atoms with Gasteiger partial charge in [-0.3, -0.25) is 4.79 Å². The van der Waals surface area contributed by atoms with Crippen LogP contribution in [0, 0.1) is 0 Å². The van der Waals surface area contributed by atoms with Gasteiger partial charge in [0, 0.05) is 18.0 Å². The third kappa shape index (κ3) is 1.21. The Labute approximate surface area is 81.1 Å². The highest BCUT2D eigenvalue weighted by Crippen LogP contribution is 2.21. The van der Waals surface area contributed by atoms with Gasteiger partial charge in [0.1, 0.15) is 12.8 Å². The molecule has 0 amide bonds. The average Bonchev–Trinajstić information content (AvgIpc) is 2.85. The van der Waals surface area contributed by atoms with Crippen LogP contribution in [-0.2, 0) is 0 Å². The summed E-state index contributed by atoms with van der Waals surface area (Å²) in [7, 11) is 1.56. The van der Waals surface area contributed by atoms with E-state index in [1.165, 1.54) is 0 Å². The number of aldehydes is 1. The van der Waals surface area contributed by atoms with E-state index in [-0.39, 0.29) is 0 Å². The van der Waals surface area contributed by atoms with Gasteiger partial charge in [-0.25, -0.2) is 0 Å². The van der Waals surface area contributed by atoms with Gasteiger partial charge in [-0.2, -0.15) is 4.73 Å². The minimum atomic E-state index is 0.606. The fourth-order valence-electron chi connectivity index (χ4n) is 1.43. The van der Waals surface area contributed by atoms with Crippen LogP contribution in [0.2, 0.25) is 0 Å². The maximum Gasteiger partial charge on any atom is 0.152 e. The highest BCUT2D eigenvalue weighted by Gasteiger charge is 2.11. The second-order valence-corrected chi connectivity index (χ2v) is 2.83. The number of rotatable bonds is 3. The second kappa shape index (κ2) is 3.41. The quantitative estimate of drug-likeness (QED) is 0.743. The van der Waals surface area contributed by atoms with Gasteiger partial charge in [0.2, 0.25) is 0 Å². The smallest absolute Gasteiger partial charge is 0.152 e. The van der Waals surface area contributed by atoms with Crippen LogP contribution >= 0.6 is 0 Å². The van der Waals surface area contributed by atoms with E-state index in [4.69, 9.17) is 4.84 Å². The van der Waals surface area contributed by atoms with E-state index in [1.807, 2.05) is 12.1 Å². The first-order valence-electron chi connectivity index (χ1n) is 4.21. The van der Waals surface area contributed by atoms with E-state index < -0.39 is 0 Å². The van der Waals surface area contributed by atoms with Gasteiger partial charge in [0.05, 0.1) is 5.69 Å². The van der Waals surface area contributed by atoms with Crippen molar-refractivity contribution in [3.8, 4) is 11.4 Å². The first-order valence-corrected chi connectivity index (χ1v) is 4.21. The van der Waals surface area contributed by atoms with Crippen LogP contribution in [0.25, 0.3) is 11.4 Å². The first-order chi connectivity index (χ1) is 6.86. The van der Waals surface area contributed by atoms with E-state index in [2.05, 4.69) is 4.98 Å². The van der Waals surface area contributed by atoms with Crippen LogP contribution in [0.5, 0.6) is 0 Å². The van der Waals surface area contributed by atoms with Gasteiger partial charge in [-0.1, -0.05) is 0 Å². The molecule has 0 unspecified atom stereocenters. The van der Waals surface area contributed by atoms with Gasteiger partial charge in [-0.05, 0) is 18.2 Å². The lowest BCUT2D eigenvalue weighted by Crippen LogP contribution is -2.06. The number of hydrogen-bond donors (Lipinski definition) is 1. The summed E-state index contributed by atoms with van der Waals surface area (Å²) in [5.74, 6) is 0. The predicted molar refractivity (Wildman–Crippen MR) is 52.1 cm³/mol. The molecular formula is C10H10N2O2. The number of nitrogens with one attached hydrogen (secondary N) is 1. The number of hydrogen-bond acceptors (Lipinski definition) is 2. The molecule has 2 rings (SSSR count). The van der Waals surface area contributed by atoms with Crippen molar-refractivity contribution in [2.24, 2.45) is 0 Å². The van der Waals surface area contributed by atoms with Crippen LogP contribution < -0.4 is 4.84 Å². The number of carbonyl (C=O) groups excluding carboxylic acids is 1. The van der Waals surface area contributed by atoms with Gasteiger partial charge in [-0.15, -0.1) is 0 Å². The van der Waals surface area contributed by atoms with Gasteiger partial charge in [0.15, 0.2) is 6.29 Å². The minimum Gasteiger partial charge on any atom is -0.417 e. The third-order valence-electron chi connectivity index (χ3n) is 2.06. The zero-order chi connectivity index (χ0) is 9.97. The molecule has 0 aliphatic rings. The van der Waals surface area contributed by atoms with Crippen LogP contribution in [0.1, 0.15) is 10.4 Å². The lowest BCUT2D eigenvalue weighted by atomic mass is 10.2. The molecule has 0 fully saturated rings. The Hall–Kier alpha value is -1.97. The van der Waals surface area contributed by atoms with Crippen LogP contribution in [0.3, 0.4) is 0 Å². The van der Waals surface area contributed by atoms with Crippen molar-refractivity contribution in [2.45, 2.75) is 0 Å². The maximum atomic E-state index is 10.8. The standard InChI is InChI=1S/C10H10N2O2/c1-14-12-6-4-8(7-13)10(12)9-3-2-5-11-9/h2-7,11H,1H3.